The zero-order chi connectivity index (χ0) is 19.2. The summed E-state index contributed by atoms with van der Waals surface area (Å²) in [6.45, 7) is 4.20. The number of halogens is 2. The van der Waals surface area contributed by atoms with Crippen molar-refractivity contribution in [3.8, 4) is 0 Å². The molecule has 2 aromatic carbocycles. The summed E-state index contributed by atoms with van der Waals surface area (Å²) in [6, 6.07) is 12.9. The van der Waals surface area contributed by atoms with Crippen molar-refractivity contribution < 1.29 is 13.6 Å². The summed E-state index contributed by atoms with van der Waals surface area (Å²) in [6.07, 6.45) is 7.33. The van der Waals surface area contributed by atoms with Gasteiger partial charge in [0.25, 0.3) is 0 Å². The molecule has 0 aliphatic heterocycles. The molecule has 0 saturated heterocycles. The van der Waals surface area contributed by atoms with Gasteiger partial charge >= 0.3 is 0 Å². The average Bonchev–Trinajstić information content (AvgIpc) is 2.88. The van der Waals surface area contributed by atoms with Gasteiger partial charge in [0, 0.05) is 23.2 Å². The predicted molar refractivity (Wildman–Crippen MR) is 103 cm³/mol. The first kappa shape index (κ1) is 17.8. The van der Waals surface area contributed by atoms with E-state index in [9.17, 15) is 13.6 Å². The normalized spacial score (nSPS) is 30.0. The van der Waals surface area contributed by atoms with E-state index in [1.165, 1.54) is 24.3 Å². The Morgan fingerprint density at radius 2 is 1.52 bits per heavy atom. The minimum Gasteiger partial charge on any atom is -0.299 e. The number of benzene rings is 2. The number of ketones is 1. The highest BCUT2D eigenvalue weighted by Gasteiger charge is 2.55. The van der Waals surface area contributed by atoms with Crippen LogP contribution in [0.4, 0.5) is 8.78 Å². The van der Waals surface area contributed by atoms with Gasteiger partial charge in [-0.3, -0.25) is 4.79 Å². The maximum absolute atomic E-state index is 13.4. The first-order valence-corrected chi connectivity index (χ1v) is 9.26. The minimum absolute atomic E-state index is 0.0188. The van der Waals surface area contributed by atoms with Crippen LogP contribution in [-0.2, 0) is 4.79 Å². The predicted octanol–water partition coefficient (Wildman–Crippen LogP) is 6.08. The van der Waals surface area contributed by atoms with Crippen LogP contribution in [0.2, 0.25) is 0 Å². The van der Waals surface area contributed by atoms with Crippen LogP contribution in [0, 0.1) is 22.5 Å². The zero-order valence-electron chi connectivity index (χ0n) is 15.5. The van der Waals surface area contributed by atoms with E-state index < -0.39 is 5.41 Å². The van der Waals surface area contributed by atoms with E-state index in [-0.39, 0.29) is 28.8 Å². The lowest BCUT2D eigenvalue weighted by molar-refractivity contribution is -0.130. The molecule has 4 rings (SSSR count). The monoisotopic (exact) mass is 364 g/mol. The highest BCUT2D eigenvalue weighted by Crippen LogP contribution is 2.61. The molecule has 2 aliphatic carbocycles. The van der Waals surface area contributed by atoms with E-state index in [4.69, 9.17) is 0 Å². The summed E-state index contributed by atoms with van der Waals surface area (Å²) >= 11 is 0. The van der Waals surface area contributed by atoms with Crippen molar-refractivity contribution in [2.24, 2.45) is 10.8 Å². The van der Waals surface area contributed by atoms with Gasteiger partial charge in [0.15, 0.2) is 0 Å². The molecule has 138 valence electrons. The average molecular weight is 364 g/mol. The Balaban J connectivity index is 1.72. The number of hydrogen-bond acceptors (Lipinski definition) is 1. The minimum atomic E-state index is -0.451. The lowest BCUT2D eigenvalue weighted by Gasteiger charge is -2.43. The van der Waals surface area contributed by atoms with E-state index >= 15 is 0 Å². The molecule has 0 aromatic heterocycles. The second kappa shape index (κ2) is 6.26. The van der Waals surface area contributed by atoms with Gasteiger partial charge in [-0.1, -0.05) is 49.4 Å². The molecule has 1 fully saturated rings. The smallest absolute Gasteiger partial charge is 0.143 e. The molecule has 3 atom stereocenters. The van der Waals surface area contributed by atoms with Crippen molar-refractivity contribution in [1.82, 2.24) is 0 Å². The van der Waals surface area contributed by atoms with Gasteiger partial charge in [0.2, 0.25) is 0 Å². The van der Waals surface area contributed by atoms with Gasteiger partial charge in [-0.15, -0.1) is 0 Å². The molecule has 0 amide bonds. The molecule has 27 heavy (non-hydrogen) atoms. The summed E-state index contributed by atoms with van der Waals surface area (Å²) in [5.41, 5.74) is 2.38. The van der Waals surface area contributed by atoms with Gasteiger partial charge in [-0.25, -0.2) is 8.78 Å². The Hall–Kier alpha value is -2.55. The Morgan fingerprint density at radius 3 is 2.15 bits per heavy atom. The van der Waals surface area contributed by atoms with E-state index in [0.29, 0.717) is 6.42 Å². The molecule has 0 spiro atoms. The largest absolute Gasteiger partial charge is 0.299 e. The van der Waals surface area contributed by atoms with Crippen molar-refractivity contribution in [1.29, 1.82) is 0 Å². The number of allylic oxidation sites excluding steroid dienone is 3. The second-order valence-corrected chi connectivity index (χ2v) is 8.23. The van der Waals surface area contributed by atoms with Gasteiger partial charge < -0.3 is 0 Å². The van der Waals surface area contributed by atoms with Crippen molar-refractivity contribution in [2.75, 3.05) is 0 Å². The maximum Gasteiger partial charge on any atom is 0.143 e. The van der Waals surface area contributed by atoms with E-state index in [1.807, 2.05) is 19.1 Å². The van der Waals surface area contributed by atoms with Crippen LogP contribution < -0.4 is 0 Å². The first-order chi connectivity index (χ1) is 12.8. The maximum atomic E-state index is 13.4. The third kappa shape index (κ3) is 3.05. The SMILES string of the molecule is CC12C=C(C=Cc3ccc(F)cc3)C(C)(C1)C(c1ccc(F)cc1)CC2=O. The molecule has 0 N–H and O–H groups in total. The Kier molecular flexibility index (Phi) is 4.14. The first-order valence-electron chi connectivity index (χ1n) is 9.26. The Morgan fingerprint density at radius 1 is 0.926 bits per heavy atom. The molecule has 2 aromatic rings. The summed E-state index contributed by atoms with van der Waals surface area (Å²) in [5.74, 6) is -0.274. The molecule has 1 nitrogen and oxygen atoms in total. The second-order valence-electron chi connectivity index (χ2n) is 8.23. The van der Waals surface area contributed by atoms with Crippen molar-refractivity contribution >= 4 is 11.9 Å². The molecule has 0 radical (unpaired) electrons. The van der Waals surface area contributed by atoms with Crippen LogP contribution in [0.15, 0.2) is 66.3 Å². The molecule has 2 aliphatic rings. The van der Waals surface area contributed by atoms with Crippen LogP contribution in [0.25, 0.3) is 6.08 Å². The molecule has 3 heteroatoms. The molecule has 1 saturated carbocycles. The molecular weight excluding hydrogens is 342 g/mol. The fraction of sp³-hybridized carbons (Fsp3) is 0.292. The van der Waals surface area contributed by atoms with Gasteiger partial charge in [-0.2, -0.15) is 0 Å². The third-order valence-corrected chi connectivity index (χ3v) is 6.26. The van der Waals surface area contributed by atoms with Crippen LogP contribution in [0.5, 0.6) is 0 Å². The molecule has 0 heterocycles. The summed E-state index contributed by atoms with van der Waals surface area (Å²) in [5, 5.41) is 0. The number of carbonyl (C=O) groups excluding carboxylic acids is 1. The number of Topliss-reactive ketones (excluding diaryl/α,β-unsaturated/α-hetero) is 1. The van der Waals surface area contributed by atoms with Gasteiger partial charge in [0.05, 0.1) is 0 Å². The van der Waals surface area contributed by atoms with Crippen LogP contribution in [0.3, 0.4) is 0 Å². The molecule has 2 bridgehead atoms. The van der Waals surface area contributed by atoms with Crippen molar-refractivity contribution in [3.05, 3.63) is 89.0 Å². The fourth-order valence-corrected chi connectivity index (χ4v) is 4.75. The van der Waals surface area contributed by atoms with Crippen LogP contribution >= 0.6 is 0 Å². The fourth-order valence-electron chi connectivity index (χ4n) is 4.75. The van der Waals surface area contributed by atoms with E-state index in [2.05, 4.69) is 13.0 Å². The highest BCUT2D eigenvalue weighted by atomic mass is 19.1. The van der Waals surface area contributed by atoms with Gasteiger partial charge in [-0.05, 0) is 54.3 Å². The standard InChI is InChI=1S/C24H22F2O/c1-23-14-18(8-3-16-4-9-19(25)10-5-16)24(2,15-23)21(13-22(23)27)17-6-11-20(26)12-7-17/h3-12,14,21H,13,15H2,1-2H3. The summed E-state index contributed by atoms with van der Waals surface area (Å²) < 4.78 is 26.5. The Bertz CT molecular complexity index is 939. The van der Waals surface area contributed by atoms with E-state index in [0.717, 1.165) is 23.1 Å². The quantitative estimate of drug-likeness (QED) is 0.645. The van der Waals surface area contributed by atoms with Crippen LogP contribution in [0.1, 0.15) is 43.7 Å². The molecular formula is C24H22F2O. The van der Waals surface area contributed by atoms with Gasteiger partial charge in [0.1, 0.15) is 17.4 Å². The van der Waals surface area contributed by atoms with Crippen molar-refractivity contribution in [2.45, 2.75) is 32.6 Å². The lowest BCUT2D eigenvalue weighted by Crippen LogP contribution is -2.39. The number of carbonyl (C=O) groups is 1. The number of hydrogen-bond donors (Lipinski definition) is 0. The third-order valence-electron chi connectivity index (χ3n) is 6.26. The van der Waals surface area contributed by atoms with E-state index in [1.54, 1.807) is 24.3 Å². The Labute approximate surface area is 158 Å². The van der Waals surface area contributed by atoms with Crippen LogP contribution in [-0.4, -0.2) is 5.78 Å². The summed E-state index contributed by atoms with van der Waals surface area (Å²) in [7, 11) is 0. The topological polar surface area (TPSA) is 17.1 Å². The number of rotatable bonds is 3. The lowest BCUT2D eigenvalue weighted by atomic mass is 9.59. The zero-order valence-corrected chi connectivity index (χ0v) is 15.5. The van der Waals surface area contributed by atoms with Crippen molar-refractivity contribution in [3.63, 3.8) is 0 Å². The summed E-state index contributed by atoms with van der Waals surface area (Å²) in [4.78, 5) is 12.8. The molecule has 3 unspecified atom stereocenters. The number of fused-ring (bicyclic) bond motifs is 2. The highest BCUT2D eigenvalue weighted by molar-refractivity contribution is 5.90.